The second kappa shape index (κ2) is 8.58. The largest absolute Gasteiger partial charge is 0.508 e. The van der Waals surface area contributed by atoms with Gasteiger partial charge in [-0.05, 0) is 55.3 Å². The van der Waals surface area contributed by atoms with E-state index in [4.69, 9.17) is 23.2 Å². The summed E-state index contributed by atoms with van der Waals surface area (Å²) >= 11 is 12.4. The lowest BCUT2D eigenvalue weighted by atomic mass is 10.0. The summed E-state index contributed by atoms with van der Waals surface area (Å²) in [4.78, 5) is 0. The minimum atomic E-state index is -0.649. The standard InChI is InChI=1S/C18H22Cl2N2O2/c1-11(18(24)13-3-5-14(23)6-4-13)22-8-7-12-9-15(19)17(21-2)16(20)10-12/h3-6,9-11,18,21-24H,7-8H2,1-2H3/t11-,18-/m0/s1. The Morgan fingerprint density at radius 2 is 1.67 bits per heavy atom. The lowest BCUT2D eigenvalue weighted by molar-refractivity contribution is 0.136. The molecule has 2 rings (SSSR count). The molecule has 0 saturated carbocycles. The Bertz CT molecular complexity index is 654. The number of nitrogens with one attached hydrogen (secondary N) is 2. The average molecular weight is 369 g/mol. The predicted octanol–water partition coefficient (Wildman–Crippen LogP) is 3.99. The molecule has 4 nitrogen and oxygen atoms in total. The highest BCUT2D eigenvalue weighted by atomic mass is 35.5. The zero-order chi connectivity index (χ0) is 17.7. The summed E-state index contributed by atoms with van der Waals surface area (Å²) in [6.07, 6.45) is 0.0974. The summed E-state index contributed by atoms with van der Waals surface area (Å²) in [5.74, 6) is 0.185. The molecule has 0 aliphatic heterocycles. The fourth-order valence-corrected chi connectivity index (χ4v) is 3.25. The number of anilines is 1. The van der Waals surface area contributed by atoms with E-state index in [1.165, 1.54) is 0 Å². The highest BCUT2D eigenvalue weighted by Gasteiger charge is 2.16. The molecule has 0 radical (unpaired) electrons. The molecule has 4 N–H and O–H groups in total. The molecule has 0 bridgehead atoms. The van der Waals surface area contributed by atoms with Crippen LogP contribution in [0.15, 0.2) is 36.4 Å². The molecule has 2 aromatic rings. The van der Waals surface area contributed by atoms with Crippen LogP contribution in [0.5, 0.6) is 5.75 Å². The number of benzene rings is 2. The minimum absolute atomic E-state index is 0.128. The lowest BCUT2D eigenvalue weighted by Gasteiger charge is -2.21. The molecule has 130 valence electrons. The van der Waals surface area contributed by atoms with Gasteiger partial charge in [0.2, 0.25) is 0 Å². The zero-order valence-electron chi connectivity index (χ0n) is 13.7. The maximum absolute atomic E-state index is 10.3. The molecule has 24 heavy (non-hydrogen) atoms. The molecule has 6 heteroatoms. The number of aromatic hydroxyl groups is 1. The van der Waals surface area contributed by atoms with Crippen molar-refractivity contribution in [3.05, 3.63) is 57.6 Å². The number of phenolic OH excluding ortho intramolecular Hbond substituents is 1. The highest BCUT2D eigenvalue weighted by molar-refractivity contribution is 6.39. The van der Waals surface area contributed by atoms with E-state index in [-0.39, 0.29) is 11.8 Å². The van der Waals surface area contributed by atoms with Crippen LogP contribution in [0.25, 0.3) is 0 Å². The Balaban J connectivity index is 1.90. The Hall–Kier alpha value is -1.46. The first-order chi connectivity index (χ1) is 11.4. The Morgan fingerprint density at radius 1 is 1.08 bits per heavy atom. The van der Waals surface area contributed by atoms with Gasteiger partial charge in [0.1, 0.15) is 5.75 Å². The molecule has 0 heterocycles. The predicted molar refractivity (Wildman–Crippen MR) is 100 cm³/mol. The van der Waals surface area contributed by atoms with Crippen LogP contribution in [-0.2, 0) is 6.42 Å². The molecule has 0 spiro atoms. The van der Waals surface area contributed by atoms with Crippen molar-refractivity contribution >= 4 is 28.9 Å². The van der Waals surface area contributed by atoms with Crippen LogP contribution in [-0.4, -0.2) is 29.8 Å². The molecule has 0 saturated heterocycles. The number of hydrogen-bond donors (Lipinski definition) is 4. The summed E-state index contributed by atoms with van der Waals surface area (Å²) in [6, 6.07) is 10.2. The van der Waals surface area contributed by atoms with Crippen molar-refractivity contribution in [2.45, 2.75) is 25.5 Å². The maximum Gasteiger partial charge on any atom is 0.115 e. The van der Waals surface area contributed by atoms with Gasteiger partial charge in [0.25, 0.3) is 0 Å². The van der Waals surface area contributed by atoms with Gasteiger partial charge in [-0.1, -0.05) is 35.3 Å². The van der Waals surface area contributed by atoms with Crippen LogP contribution in [0, 0.1) is 0 Å². The third kappa shape index (κ3) is 4.77. The first-order valence-electron chi connectivity index (χ1n) is 7.78. The van der Waals surface area contributed by atoms with Crippen LogP contribution in [0.2, 0.25) is 10.0 Å². The van der Waals surface area contributed by atoms with Gasteiger partial charge < -0.3 is 20.8 Å². The average Bonchev–Trinajstić information content (AvgIpc) is 2.54. The van der Waals surface area contributed by atoms with Gasteiger partial charge in [-0.15, -0.1) is 0 Å². The third-order valence-electron chi connectivity index (χ3n) is 3.94. The van der Waals surface area contributed by atoms with E-state index in [2.05, 4.69) is 10.6 Å². The van der Waals surface area contributed by atoms with E-state index in [9.17, 15) is 10.2 Å². The molecular weight excluding hydrogens is 347 g/mol. The fraction of sp³-hybridized carbons (Fsp3) is 0.333. The number of hydrogen-bond acceptors (Lipinski definition) is 4. The molecule has 0 aliphatic rings. The van der Waals surface area contributed by atoms with Crippen molar-refractivity contribution in [1.82, 2.24) is 5.32 Å². The van der Waals surface area contributed by atoms with Gasteiger partial charge in [0.15, 0.2) is 0 Å². The summed E-state index contributed by atoms with van der Waals surface area (Å²) in [6.45, 7) is 2.60. The van der Waals surface area contributed by atoms with Crippen LogP contribution in [0.1, 0.15) is 24.2 Å². The fourth-order valence-electron chi connectivity index (χ4n) is 2.52. The van der Waals surface area contributed by atoms with E-state index in [1.807, 2.05) is 19.1 Å². The van der Waals surface area contributed by atoms with Gasteiger partial charge in [0.05, 0.1) is 21.8 Å². The molecule has 2 aromatic carbocycles. The van der Waals surface area contributed by atoms with Gasteiger partial charge in [-0.3, -0.25) is 0 Å². The van der Waals surface area contributed by atoms with Crippen LogP contribution >= 0.6 is 23.2 Å². The topological polar surface area (TPSA) is 64.5 Å². The maximum atomic E-state index is 10.3. The van der Waals surface area contributed by atoms with Crippen LogP contribution < -0.4 is 10.6 Å². The van der Waals surface area contributed by atoms with Crippen LogP contribution in [0.3, 0.4) is 0 Å². The number of phenols is 1. The monoisotopic (exact) mass is 368 g/mol. The normalized spacial score (nSPS) is 13.5. The van der Waals surface area contributed by atoms with E-state index in [0.717, 1.165) is 23.2 Å². The summed E-state index contributed by atoms with van der Waals surface area (Å²) in [5, 5.41) is 27.1. The number of rotatable bonds is 7. The van der Waals surface area contributed by atoms with Crippen molar-refractivity contribution in [3.8, 4) is 5.75 Å². The van der Waals surface area contributed by atoms with E-state index < -0.39 is 6.10 Å². The minimum Gasteiger partial charge on any atom is -0.508 e. The quantitative estimate of drug-likeness (QED) is 0.596. The van der Waals surface area contributed by atoms with Crippen molar-refractivity contribution in [3.63, 3.8) is 0 Å². The second-order valence-corrected chi connectivity index (χ2v) is 6.53. The summed E-state index contributed by atoms with van der Waals surface area (Å²) in [5.41, 5.74) is 2.52. The molecule has 2 atom stereocenters. The molecule has 0 unspecified atom stereocenters. The molecule has 0 fully saturated rings. The van der Waals surface area contributed by atoms with Crippen molar-refractivity contribution < 1.29 is 10.2 Å². The zero-order valence-corrected chi connectivity index (χ0v) is 15.2. The van der Waals surface area contributed by atoms with Gasteiger partial charge in [-0.25, -0.2) is 0 Å². The molecule has 0 aliphatic carbocycles. The van der Waals surface area contributed by atoms with Gasteiger partial charge in [0, 0.05) is 13.1 Å². The van der Waals surface area contributed by atoms with Crippen LogP contribution in [0.4, 0.5) is 5.69 Å². The Labute approximate surface area is 152 Å². The third-order valence-corrected chi connectivity index (χ3v) is 4.54. The van der Waals surface area contributed by atoms with Crippen molar-refractivity contribution in [2.75, 3.05) is 18.9 Å². The van der Waals surface area contributed by atoms with Gasteiger partial charge in [-0.2, -0.15) is 0 Å². The number of halogens is 2. The second-order valence-electron chi connectivity index (χ2n) is 5.71. The molecular formula is C18H22Cl2N2O2. The SMILES string of the molecule is CNc1c(Cl)cc(CCN[C@@H](C)[C@H](O)c2ccc(O)cc2)cc1Cl. The summed E-state index contributed by atoms with van der Waals surface area (Å²) < 4.78 is 0. The molecule has 0 amide bonds. The highest BCUT2D eigenvalue weighted by Crippen LogP contribution is 2.31. The van der Waals surface area contributed by atoms with Gasteiger partial charge >= 0.3 is 0 Å². The molecule has 0 aromatic heterocycles. The first kappa shape index (κ1) is 18.9. The van der Waals surface area contributed by atoms with E-state index >= 15 is 0 Å². The van der Waals surface area contributed by atoms with Crippen molar-refractivity contribution in [1.29, 1.82) is 0 Å². The summed E-state index contributed by atoms with van der Waals surface area (Å²) in [7, 11) is 1.78. The van der Waals surface area contributed by atoms with Crippen molar-refractivity contribution in [2.24, 2.45) is 0 Å². The number of aliphatic hydroxyl groups is 1. The van der Waals surface area contributed by atoms with E-state index in [1.54, 1.807) is 31.3 Å². The lowest BCUT2D eigenvalue weighted by Crippen LogP contribution is -2.33. The van der Waals surface area contributed by atoms with E-state index in [0.29, 0.717) is 16.6 Å². The Morgan fingerprint density at radius 3 is 2.21 bits per heavy atom. The first-order valence-corrected chi connectivity index (χ1v) is 8.54. The number of aliphatic hydroxyl groups excluding tert-OH is 1. The smallest absolute Gasteiger partial charge is 0.115 e. The Kier molecular flexibility index (Phi) is 6.75.